The van der Waals surface area contributed by atoms with Gasteiger partial charge in [-0.2, -0.15) is 0 Å². The lowest BCUT2D eigenvalue weighted by atomic mass is 9.93. The highest BCUT2D eigenvalue weighted by Gasteiger charge is 2.09. The molecule has 0 saturated carbocycles. The van der Waals surface area contributed by atoms with Crippen LogP contribution in [0, 0.1) is 12.8 Å². The SMILES string of the molecule is Cc1cc(CC(C)C)cc(C2C=CC=C2)c1. The molecule has 0 unspecified atom stereocenters. The summed E-state index contributed by atoms with van der Waals surface area (Å²) in [5, 5.41) is 0. The van der Waals surface area contributed by atoms with E-state index in [-0.39, 0.29) is 0 Å². The van der Waals surface area contributed by atoms with Gasteiger partial charge in [-0.3, -0.25) is 0 Å². The third-order valence-electron chi connectivity index (χ3n) is 2.94. The van der Waals surface area contributed by atoms with Crippen molar-refractivity contribution in [2.75, 3.05) is 0 Å². The molecule has 1 aliphatic rings. The molecule has 0 N–H and O–H groups in total. The summed E-state index contributed by atoms with van der Waals surface area (Å²) in [6, 6.07) is 6.97. The maximum absolute atomic E-state index is 2.36. The molecule has 0 spiro atoms. The van der Waals surface area contributed by atoms with Crippen LogP contribution in [0.5, 0.6) is 0 Å². The number of hydrogen-bond acceptors (Lipinski definition) is 0. The minimum Gasteiger partial charge on any atom is -0.0732 e. The minimum atomic E-state index is 0.491. The zero-order chi connectivity index (χ0) is 11.5. The molecular formula is C16H20. The van der Waals surface area contributed by atoms with E-state index in [2.05, 4.69) is 63.3 Å². The quantitative estimate of drug-likeness (QED) is 0.696. The van der Waals surface area contributed by atoms with Gasteiger partial charge in [-0.1, -0.05) is 61.9 Å². The van der Waals surface area contributed by atoms with Crippen molar-refractivity contribution in [3.63, 3.8) is 0 Å². The van der Waals surface area contributed by atoms with Crippen LogP contribution < -0.4 is 0 Å². The lowest BCUT2D eigenvalue weighted by Crippen LogP contribution is -1.98. The summed E-state index contributed by atoms with van der Waals surface area (Å²) in [7, 11) is 0. The summed E-state index contributed by atoms with van der Waals surface area (Å²) in [6.45, 7) is 6.74. The van der Waals surface area contributed by atoms with E-state index in [1.807, 2.05) is 0 Å². The normalized spacial score (nSPS) is 15.2. The highest BCUT2D eigenvalue weighted by molar-refractivity contribution is 5.39. The van der Waals surface area contributed by atoms with Gasteiger partial charge >= 0.3 is 0 Å². The number of allylic oxidation sites excluding steroid dienone is 4. The third kappa shape index (κ3) is 2.63. The molecule has 0 atom stereocenters. The maximum Gasteiger partial charge on any atom is 0.0205 e. The van der Waals surface area contributed by atoms with Gasteiger partial charge in [-0.15, -0.1) is 0 Å². The van der Waals surface area contributed by atoms with E-state index in [0.717, 1.165) is 5.92 Å². The van der Waals surface area contributed by atoms with Crippen LogP contribution >= 0.6 is 0 Å². The van der Waals surface area contributed by atoms with Crippen molar-refractivity contribution in [1.82, 2.24) is 0 Å². The van der Waals surface area contributed by atoms with E-state index in [9.17, 15) is 0 Å². The first-order valence-electron chi connectivity index (χ1n) is 6.10. The van der Waals surface area contributed by atoms with Crippen molar-refractivity contribution in [3.05, 3.63) is 59.2 Å². The standard InChI is InChI=1S/C16H20/c1-12(2)8-14-9-13(3)10-16(11-14)15-6-4-5-7-15/h4-7,9-12,15H,8H2,1-3H3. The molecule has 1 aliphatic carbocycles. The lowest BCUT2D eigenvalue weighted by molar-refractivity contribution is 0.646. The van der Waals surface area contributed by atoms with Crippen LogP contribution in [0.1, 0.15) is 36.5 Å². The van der Waals surface area contributed by atoms with E-state index in [0.29, 0.717) is 5.92 Å². The molecule has 0 amide bonds. The Morgan fingerprint density at radius 1 is 1.06 bits per heavy atom. The van der Waals surface area contributed by atoms with Crippen LogP contribution in [-0.2, 0) is 6.42 Å². The monoisotopic (exact) mass is 212 g/mol. The predicted molar refractivity (Wildman–Crippen MR) is 70.7 cm³/mol. The molecule has 0 bridgehead atoms. The van der Waals surface area contributed by atoms with Gasteiger partial charge < -0.3 is 0 Å². The fourth-order valence-corrected chi connectivity index (χ4v) is 2.33. The van der Waals surface area contributed by atoms with Gasteiger partial charge in [0, 0.05) is 5.92 Å². The molecule has 16 heavy (non-hydrogen) atoms. The molecule has 0 aliphatic heterocycles. The molecule has 1 aromatic carbocycles. The van der Waals surface area contributed by atoms with Crippen LogP contribution in [0.2, 0.25) is 0 Å². The summed E-state index contributed by atoms with van der Waals surface area (Å²) in [6.07, 6.45) is 9.96. The van der Waals surface area contributed by atoms with Gasteiger partial charge in [0.25, 0.3) is 0 Å². The van der Waals surface area contributed by atoms with E-state index < -0.39 is 0 Å². The van der Waals surface area contributed by atoms with Gasteiger partial charge in [0.05, 0.1) is 0 Å². The number of rotatable bonds is 3. The van der Waals surface area contributed by atoms with Crippen LogP contribution in [-0.4, -0.2) is 0 Å². The molecule has 0 radical (unpaired) electrons. The van der Waals surface area contributed by atoms with Gasteiger partial charge in [0.15, 0.2) is 0 Å². The summed E-state index contributed by atoms with van der Waals surface area (Å²) < 4.78 is 0. The first-order valence-corrected chi connectivity index (χ1v) is 6.10. The largest absolute Gasteiger partial charge is 0.0732 e. The highest BCUT2D eigenvalue weighted by atomic mass is 14.1. The molecule has 2 rings (SSSR count). The maximum atomic E-state index is 2.36. The third-order valence-corrected chi connectivity index (χ3v) is 2.94. The van der Waals surface area contributed by atoms with E-state index in [4.69, 9.17) is 0 Å². The van der Waals surface area contributed by atoms with E-state index in [1.54, 1.807) is 0 Å². The van der Waals surface area contributed by atoms with Crippen molar-refractivity contribution in [2.24, 2.45) is 5.92 Å². The molecule has 0 aromatic heterocycles. The van der Waals surface area contributed by atoms with Gasteiger partial charge in [0.1, 0.15) is 0 Å². The fourth-order valence-electron chi connectivity index (χ4n) is 2.33. The predicted octanol–water partition coefficient (Wildman–Crippen LogP) is 4.40. The minimum absolute atomic E-state index is 0.491. The van der Waals surface area contributed by atoms with Crippen LogP contribution in [0.25, 0.3) is 0 Å². The topological polar surface area (TPSA) is 0 Å². The molecule has 84 valence electrons. The molecule has 1 aromatic rings. The number of benzene rings is 1. The molecule has 0 saturated heterocycles. The van der Waals surface area contributed by atoms with E-state index >= 15 is 0 Å². The van der Waals surface area contributed by atoms with Crippen molar-refractivity contribution >= 4 is 0 Å². The smallest absolute Gasteiger partial charge is 0.0205 e. The zero-order valence-electron chi connectivity index (χ0n) is 10.4. The van der Waals surface area contributed by atoms with Gasteiger partial charge in [-0.25, -0.2) is 0 Å². The molecular weight excluding hydrogens is 192 g/mol. The van der Waals surface area contributed by atoms with Crippen molar-refractivity contribution in [1.29, 1.82) is 0 Å². The van der Waals surface area contributed by atoms with E-state index in [1.165, 1.54) is 23.1 Å². The molecule has 0 fully saturated rings. The number of hydrogen-bond donors (Lipinski definition) is 0. The highest BCUT2D eigenvalue weighted by Crippen LogP contribution is 2.25. The average molecular weight is 212 g/mol. The summed E-state index contributed by atoms with van der Waals surface area (Å²) in [5.74, 6) is 1.22. The molecule has 0 nitrogen and oxygen atoms in total. The summed E-state index contributed by atoms with van der Waals surface area (Å²) in [4.78, 5) is 0. The van der Waals surface area contributed by atoms with Crippen molar-refractivity contribution < 1.29 is 0 Å². The summed E-state index contributed by atoms with van der Waals surface area (Å²) >= 11 is 0. The first-order chi connectivity index (χ1) is 7.65. The first kappa shape index (κ1) is 11.2. The molecule has 0 heteroatoms. The second-order valence-corrected chi connectivity index (χ2v) is 5.15. The fraction of sp³-hybridized carbons (Fsp3) is 0.375. The Balaban J connectivity index is 2.28. The second-order valence-electron chi connectivity index (χ2n) is 5.15. The van der Waals surface area contributed by atoms with Crippen LogP contribution in [0.4, 0.5) is 0 Å². The van der Waals surface area contributed by atoms with Gasteiger partial charge in [0.2, 0.25) is 0 Å². The Morgan fingerprint density at radius 3 is 2.38 bits per heavy atom. The lowest BCUT2D eigenvalue weighted by Gasteiger charge is -2.12. The summed E-state index contributed by atoms with van der Waals surface area (Å²) in [5.41, 5.74) is 4.28. The van der Waals surface area contributed by atoms with Crippen LogP contribution in [0.3, 0.4) is 0 Å². The van der Waals surface area contributed by atoms with Gasteiger partial charge in [-0.05, 0) is 30.4 Å². The van der Waals surface area contributed by atoms with Crippen LogP contribution in [0.15, 0.2) is 42.5 Å². The zero-order valence-corrected chi connectivity index (χ0v) is 10.4. The Bertz CT molecular complexity index is 410. The van der Waals surface area contributed by atoms with Crippen molar-refractivity contribution in [3.8, 4) is 0 Å². The average Bonchev–Trinajstić information content (AvgIpc) is 2.67. The Kier molecular flexibility index (Phi) is 3.28. The Hall–Kier alpha value is -1.30. The Labute approximate surface area is 98.7 Å². The second kappa shape index (κ2) is 4.69. The Morgan fingerprint density at radius 2 is 1.75 bits per heavy atom. The number of aryl methyl sites for hydroxylation is 1. The molecule has 0 heterocycles. The van der Waals surface area contributed by atoms with Crippen molar-refractivity contribution in [2.45, 2.75) is 33.1 Å².